The zero-order valence-electron chi connectivity index (χ0n) is 14.7. The van der Waals surface area contributed by atoms with Gasteiger partial charge >= 0.3 is 11.9 Å². The number of hydrogen-bond acceptors (Lipinski definition) is 6. The van der Waals surface area contributed by atoms with Gasteiger partial charge in [0.1, 0.15) is 0 Å². The third-order valence-electron chi connectivity index (χ3n) is 3.37. The normalized spacial score (nSPS) is 9.40. The van der Waals surface area contributed by atoms with Crippen molar-refractivity contribution >= 4 is 23.3 Å². The second-order valence-corrected chi connectivity index (χ2v) is 5.19. The van der Waals surface area contributed by atoms with E-state index < -0.39 is 0 Å². The molecule has 0 saturated carbocycles. The van der Waals surface area contributed by atoms with Crippen LogP contribution in [0.25, 0.3) is 0 Å². The molecule has 6 heteroatoms. The maximum Gasteiger partial charge on any atom is 0.309 e. The summed E-state index contributed by atoms with van der Waals surface area (Å²) in [5.74, 6) is -0.447. The second-order valence-electron chi connectivity index (χ2n) is 5.19. The molecule has 0 radical (unpaired) electrons. The third kappa shape index (κ3) is 7.87. The van der Waals surface area contributed by atoms with E-state index >= 15 is 0 Å². The third-order valence-corrected chi connectivity index (χ3v) is 3.37. The molecule has 0 fully saturated rings. The van der Waals surface area contributed by atoms with Gasteiger partial charge in [0.15, 0.2) is 0 Å². The van der Waals surface area contributed by atoms with Crippen molar-refractivity contribution in [2.45, 2.75) is 12.8 Å². The fourth-order valence-electron chi connectivity index (χ4n) is 1.90. The van der Waals surface area contributed by atoms with Crippen LogP contribution in [0.4, 0.5) is 11.4 Å². The smallest absolute Gasteiger partial charge is 0.309 e. The SMILES string of the molecule is CNc1ccc(CC(=O)OC)cc1.COC(=O)Cc1ccc(N)cc1. The fourth-order valence-corrected chi connectivity index (χ4v) is 1.90. The molecule has 2 aromatic rings. The number of nitrogens with one attached hydrogen (secondary N) is 1. The van der Waals surface area contributed by atoms with Crippen LogP contribution in [0, 0.1) is 0 Å². The average Bonchev–Trinajstić information content (AvgIpc) is 2.64. The molecule has 0 aromatic heterocycles. The Morgan fingerprint density at radius 1 is 0.840 bits per heavy atom. The number of rotatable bonds is 5. The summed E-state index contributed by atoms with van der Waals surface area (Å²) in [5, 5.41) is 3.01. The first kappa shape index (κ1) is 20.0. The van der Waals surface area contributed by atoms with Gasteiger partial charge in [-0.15, -0.1) is 0 Å². The number of anilines is 2. The van der Waals surface area contributed by atoms with Crippen molar-refractivity contribution in [2.24, 2.45) is 0 Å². The van der Waals surface area contributed by atoms with Crippen molar-refractivity contribution in [1.29, 1.82) is 0 Å². The molecule has 2 aromatic carbocycles. The number of hydrogen-bond donors (Lipinski definition) is 2. The Balaban J connectivity index is 0.000000251. The summed E-state index contributed by atoms with van der Waals surface area (Å²) < 4.78 is 9.07. The number of nitrogen functional groups attached to an aromatic ring is 1. The van der Waals surface area contributed by atoms with E-state index in [1.54, 1.807) is 12.1 Å². The van der Waals surface area contributed by atoms with Crippen molar-refractivity contribution in [3.63, 3.8) is 0 Å². The highest BCUT2D eigenvalue weighted by Gasteiger charge is 2.02. The van der Waals surface area contributed by atoms with Gasteiger partial charge < -0.3 is 20.5 Å². The predicted molar refractivity (Wildman–Crippen MR) is 98.3 cm³/mol. The van der Waals surface area contributed by atoms with Crippen LogP contribution in [0.3, 0.4) is 0 Å². The molecule has 25 heavy (non-hydrogen) atoms. The lowest BCUT2D eigenvalue weighted by Gasteiger charge is -2.02. The number of carbonyl (C=O) groups excluding carboxylic acids is 2. The summed E-state index contributed by atoms with van der Waals surface area (Å²) in [5.41, 5.74) is 9.08. The Labute approximate surface area is 147 Å². The molecule has 0 unspecified atom stereocenters. The molecule has 0 spiro atoms. The van der Waals surface area contributed by atoms with E-state index in [1.807, 2.05) is 43.4 Å². The van der Waals surface area contributed by atoms with E-state index in [0.29, 0.717) is 18.5 Å². The van der Waals surface area contributed by atoms with Gasteiger partial charge in [0.2, 0.25) is 0 Å². The summed E-state index contributed by atoms with van der Waals surface area (Å²) in [6.45, 7) is 0. The molecule has 0 aliphatic heterocycles. The lowest BCUT2D eigenvalue weighted by atomic mass is 10.1. The maximum atomic E-state index is 10.9. The summed E-state index contributed by atoms with van der Waals surface area (Å²) in [4.78, 5) is 21.7. The minimum absolute atomic E-state index is 0.211. The van der Waals surface area contributed by atoms with Crippen molar-refractivity contribution in [2.75, 3.05) is 32.3 Å². The van der Waals surface area contributed by atoms with Crippen molar-refractivity contribution in [3.8, 4) is 0 Å². The Morgan fingerprint density at radius 2 is 1.24 bits per heavy atom. The van der Waals surface area contributed by atoms with E-state index in [9.17, 15) is 9.59 Å². The van der Waals surface area contributed by atoms with Gasteiger partial charge in [0.25, 0.3) is 0 Å². The van der Waals surface area contributed by atoms with Crippen molar-refractivity contribution in [1.82, 2.24) is 0 Å². The molecule has 0 heterocycles. The van der Waals surface area contributed by atoms with Gasteiger partial charge in [-0.05, 0) is 35.4 Å². The van der Waals surface area contributed by atoms with Crippen LogP contribution in [-0.4, -0.2) is 33.2 Å². The Morgan fingerprint density at radius 3 is 1.60 bits per heavy atom. The summed E-state index contributed by atoms with van der Waals surface area (Å²) in [7, 11) is 4.62. The zero-order valence-corrected chi connectivity index (χ0v) is 14.7. The van der Waals surface area contributed by atoms with Gasteiger partial charge in [-0.2, -0.15) is 0 Å². The van der Waals surface area contributed by atoms with Gasteiger partial charge in [0, 0.05) is 18.4 Å². The van der Waals surface area contributed by atoms with Crippen LogP contribution in [0.1, 0.15) is 11.1 Å². The zero-order chi connectivity index (χ0) is 18.7. The largest absolute Gasteiger partial charge is 0.469 e. The molecule has 0 aliphatic carbocycles. The number of carbonyl (C=O) groups is 2. The Kier molecular flexibility index (Phi) is 8.57. The fraction of sp³-hybridized carbons (Fsp3) is 0.263. The van der Waals surface area contributed by atoms with Crippen LogP contribution >= 0.6 is 0 Å². The second kappa shape index (κ2) is 10.7. The summed E-state index contributed by atoms with van der Waals surface area (Å²) in [6.07, 6.45) is 0.636. The molecule has 0 amide bonds. The summed E-state index contributed by atoms with van der Waals surface area (Å²) >= 11 is 0. The lowest BCUT2D eigenvalue weighted by molar-refractivity contribution is -0.140. The number of nitrogens with two attached hydrogens (primary N) is 1. The van der Waals surface area contributed by atoms with Gasteiger partial charge in [-0.1, -0.05) is 24.3 Å². The topological polar surface area (TPSA) is 90.6 Å². The Hall–Kier alpha value is -3.02. The molecule has 0 atom stereocenters. The van der Waals surface area contributed by atoms with Crippen molar-refractivity contribution < 1.29 is 19.1 Å². The molecular weight excluding hydrogens is 320 g/mol. The minimum Gasteiger partial charge on any atom is -0.469 e. The molecule has 134 valence electrons. The minimum atomic E-state index is -0.236. The number of esters is 2. The first-order chi connectivity index (χ1) is 12.0. The molecule has 3 N–H and O–H groups in total. The van der Waals surface area contributed by atoms with Gasteiger partial charge in [-0.25, -0.2) is 0 Å². The maximum absolute atomic E-state index is 10.9. The van der Waals surface area contributed by atoms with Crippen LogP contribution in [0.15, 0.2) is 48.5 Å². The first-order valence-electron chi connectivity index (χ1n) is 7.73. The Bertz CT molecular complexity index is 667. The summed E-state index contributed by atoms with van der Waals surface area (Å²) in [6, 6.07) is 14.8. The van der Waals surface area contributed by atoms with E-state index in [4.69, 9.17) is 5.73 Å². The molecule has 0 bridgehead atoms. The predicted octanol–water partition coefficient (Wildman–Crippen LogP) is 2.43. The van der Waals surface area contributed by atoms with Crippen LogP contribution in [0.2, 0.25) is 0 Å². The first-order valence-corrected chi connectivity index (χ1v) is 7.73. The number of benzene rings is 2. The molecule has 0 saturated heterocycles. The van der Waals surface area contributed by atoms with E-state index in [0.717, 1.165) is 16.8 Å². The average molecular weight is 344 g/mol. The van der Waals surface area contributed by atoms with Crippen LogP contribution in [0.5, 0.6) is 0 Å². The highest BCUT2D eigenvalue weighted by Crippen LogP contribution is 2.09. The highest BCUT2D eigenvalue weighted by atomic mass is 16.5. The quantitative estimate of drug-likeness (QED) is 0.639. The monoisotopic (exact) mass is 344 g/mol. The van der Waals surface area contributed by atoms with Crippen LogP contribution < -0.4 is 11.1 Å². The van der Waals surface area contributed by atoms with Gasteiger partial charge in [-0.3, -0.25) is 9.59 Å². The molecule has 0 aliphatic rings. The van der Waals surface area contributed by atoms with Crippen molar-refractivity contribution in [3.05, 3.63) is 59.7 Å². The van der Waals surface area contributed by atoms with Crippen LogP contribution in [-0.2, 0) is 31.9 Å². The van der Waals surface area contributed by atoms with Gasteiger partial charge in [0.05, 0.1) is 27.1 Å². The molecule has 6 nitrogen and oxygen atoms in total. The highest BCUT2D eigenvalue weighted by molar-refractivity contribution is 5.73. The number of methoxy groups -OCH3 is 2. The standard InChI is InChI=1S/C10H13NO2.C9H11NO2/c1-11-9-5-3-8(4-6-9)7-10(12)13-2;1-12-9(11)6-7-2-4-8(10)5-3-7/h3-6,11H,7H2,1-2H3;2-5H,6,10H2,1H3. The van der Waals surface area contributed by atoms with E-state index in [1.165, 1.54) is 14.2 Å². The molecule has 2 rings (SSSR count). The lowest BCUT2D eigenvalue weighted by Crippen LogP contribution is -2.04. The number of ether oxygens (including phenoxy) is 2. The molecular formula is C19H24N2O4. The van der Waals surface area contributed by atoms with E-state index in [-0.39, 0.29) is 11.9 Å². The van der Waals surface area contributed by atoms with E-state index in [2.05, 4.69) is 14.8 Å².